The highest BCUT2D eigenvalue weighted by Gasteiger charge is 2.10. The number of nitrogens with zero attached hydrogens (tertiary/aromatic N) is 2. The van der Waals surface area contributed by atoms with Crippen LogP contribution in [0.3, 0.4) is 0 Å². The molecule has 0 atom stereocenters. The summed E-state index contributed by atoms with van der Waals surface area (Å²) in [6.45, 7) is 1.80. The molecule has 1 aromatic heterocycles. The summed E-state index contributed by atoms with van der Waals surface area (Å²) in [7, 11) is 0. The fourth-order valence-electron chi connectivity index (χ4n) is 2.20. The molecule has 0 aliphatic rings. The third-order valence-corrected chi connectivity index (χ3v) is 3.63. The minimum Gasteiger partial charge on any atom is -0.508 e. The predicted molar refractivity (Wildman–Crippen MR) is 91.5 cm³/mol. The van der Waals surface area contributed by atoms with E-state index in [-0.39, 0.29) is 11.3 Å². The molecular weight excluding hydrogens is 314 g/mol. The van der Waals surface area contributed by atoms with E-state index in [1.54, 1.807) is 49.4 Å². The molecule has 0 bridgehead atoms. The second-order valence-electron chi connectivity index (χ2n) is 5.05. The van der Waals surface area contributed by atoms with Crippen LogP contribution in [0.1, 0.15) is 11.3 Å². The van der Waals surface area contributed by atoms with Crippen LogP contribution in [-0.2, 0) is 0 Å². The Morgan fingerprint density at radius 1 is 1.22 bits per heavy atom. The molecule has 23 heavy (non-hydrogen) atoms. The lowest BCUT2D eigenvalue weighted by molar-refractivity contribution is 0.475. The van der Waals surface area contributed by atoms with Crippen molar-refractivity contribution in [2.45, 2.75) is 6.92 Å². The minimum absolute atomic E-state index is 0.129. The maximum Gasteiger partial charge on any atom is 0.280 e. The molecule has 1 heterocycles. The van der Waals surface area contributed by atoms with Crippen LogP contribution in [0.15, 0.2) is 58.3 Å². The summed E-state index contributed by atoms with van der Waals surface area (Å²) < 4.78 is 1.44. The van der Waals surface area contributed by atoms with E-state index in [2.05, 4.69) is 10.1 Å². The van der Waals surface area contributed by atoms with Crippen molar-refractivity contribution in [2.24, 2.45) is 4.99 Å². The highest BCUT2D eigenvalue weighted by molar-refractivity contribution is 6.30. The van der Waals surface area contributed by atoms with Gasteiger partial charge >= 0.3 is 0 Å². The number of hydrogen-bond donors (Lipinski definition) is 2. The zero-order valence-corrected chi connectivity index (χ0v) is 13.1. The third-order valence-electron chi connectivity index (χ3n) is 3.37. The van der Waals surface area contributed by atoms with Crippen LogP contribution in [0.2, 0.25) is 5.02 Å². The standard InChI is InChI=1S/C17H14ClN3O2/c1-11-16(10-19-13-3-2-4-15(22)9-13)17(23)21(20-11)14-7-5-12(18)6-8-14/h2-10,20,22H,1H3. The number of phenols is 1. The van der Waals surface area contributed by atoms with Crippen LogP contribution in [0.25, 0.3) is 5.69 Å². The highest BCUT2D eigenvalue weighted by Crippen LogP contribution is 2.18. The molecule has 0 aliphatic carbocycles. The lowest BCUT2D eigenvalue weighted by Crippen LogP contribution is -2.17. The van der Waals surface area contributed by atoms with Gasteiger partial charge < -0.3 is 5.11 Å². The minimum atomic E-state index is -0.200. The average molecular weight is 328 g/mol. The van der Waals surface area contributed by atoms with E-state index in [0.717, 1.165) is 0 Å². The number of benzene rings is 2. The molecule has 0 fully saturated rings. The van der Waals surface area contributed by atoms with Gasteiger partial charge in [-0.25, -0.2) is 4.68 Å². The van der Waals surface area contributed by atoms with E-state index >= 15 is 0 Å². The highest BCUT2D eigenvalue weighted by atomic mass is 35.5. The number of halogens is 1. The molecule has 116 valence electrons. The van der Waals surface area contributed by atoms with Crippen LogP contribution in [0.4, 0.5) is 5.69 Å². The van der Waals surface area contributed by atoms with Crippen molar-refractivity contribution in [1.82, 2.24) is 9.78 Å². The van der Waals surface area contributed by atoms with Gasteiger partial charge in [0.2, 0.25) is 0 Å². The summed E-state index contributed by atoms with van der Waals surface area (Å²) in [5.41, 5.74) is 2.23. The Hall–Kier alpha value is -2.79. The predicted octanol–water partition coefficient (Wildman–Crippen LogP) is 3.58. The number of aromatic nitrogens is 2. The van der Waals surface area contributed by atoms with E-state index in [4.69, 9.17) is 11.6 Å². The third kappa shape index (κ3) is 3.19. The number of aliphatic imine (C=N–C) groups is 1. The second kappa shape index (κ2) is 6.14. The average Bonchev–Trinajstić information content (AvgIpc) is 2.81. The summed E-state index contributed by atoms with van der Waals surface area (Å²) in [6, 6.07) is 13.5. The van der Waals surface area contributed by atoms with Gasteiger partial charge in [0.1, 0.15) is 5.75 Å². The molecule has 0 aliphatic heterocycles. The molecule has 6 heteroatoms. The van der Waals surface area contributed by atoms with Crippen LogP contribution in [-0.4, -0.2) is 21.1 Å². The fraction of sp³-hybridized carbons (Fsp3) is 0.0588. The lowest BCUT2D eigenvalue weighted by Gasteiger charge is -2.00. The van der Waals surface area contributed by atoms with Crippen molar-refractivity contribution in [3.63, 3.8) is 0 Å². The van der Waals surface area contributed by atoms with E-state index in [0.29, 0.717) is 27.7 Å². The van der Waals surface area contributed by atoms with Gasteiger partial charge in [0.25, 0.3) is 5.56 Å². The Balaban J connectivity index is 1.98. The smallest absolute Gasteiger partial charge is 0.280 e. The number of aromatic amines is 1. The van der Waals surface area contributed by atoms with E-state index in [1.165, 1.54) is 17.0 Å². The van der Waals surface area contributed by atoms with Crippen molar-refractivity contribution in [1.29, 1.82) is 0 Å². The zero-order chi connectivity index (χ0) is 16.4. The van der Waals surface area contributed by atoms with Gasteiger partial charge in [-0.3, -0.25) is 14.9 Å². The summed E-state index contributed by atoms with van der Waals surface area (Å²) >= 11 is 5.87. The number of nitrogens with one attached hydrogen (secondary N) is 1. The largest absolute Gasteiger partial charge is 0.508 e. The second-order valence-corrected chi connectivity index (χ2v) is 5.48. The van der Waals surface area contributed by atoms with Crippen molar-refractivity contribution in [2.75, 3.05) is 0 Å². The number of rotatable bonds is 3. The maximum absolute atomic E-state index is 12.5. The van der Waals surface area contributed by atoms with E-state index < -0.39 is 0 Å². The molecule has 0 unspecified atom stereocenters. The molecule has 2 N–H and O–H groups in total. The molecule has 0 saturated heterocycles. The molecule has 3 aromatic rings. The molecule has 3 rings (SSSR count). The first kappa shape index (κ1) is 15.1. The number of H-pyrrole nitrogens is 1. The molecular formula is C17H14ClN3O2. The van der Waals surface area contributed by atoms with Crippen LogP contribution in [0.5, 0.6) is 5.75 Å². The summed E-state index contributed by atoms with van der Waals surface area (Å²) in [4.78, 5) is 16.8. The van der Waals surface area contributed by atoms with Crippen molar-refractivity contribution in [3.05, 3.63) is 75.2 Å². The van der Waals surface area contributed by atoms with E-state index in [9.17, 15) is 9.90 Å². The van der Waals surface area contributed by atoms with Gasteiger partial charge in [-0.15, -0.1) is 0 Å². The monoisotopic (exact) mass is 327 g/mol. The summed E-state index contributed by atoms with van der Waals surface area (Å²) in [5.74, 6) is 0.129. The van der Waals surface area contributed by atoms with Gasteiger partial charge in [-0.05, 0) is 43.3 Å². The van der Waals surface area contributed by atoms with Gasteiger partial charge in [0.15, 0.2) is 0 Å². The van der Waals surface area contributed by atoms with E-state index in [1.807, 2.05) is 0 Å². The Morgan fingerprint density at radius 3 is 2.65 bits per heavy atom. The molecule has 0 radical (unpaired) electrons. The SMILES string of the molecule is Cc1[nH]n(-c2ccc(Cl)cc2)c(=O)c1C=Nc1cccc(O)c1. The Kier molecular flexibility index (Phi) is 4.04. The van der Waals surface area contributed by atoms with Gasteiger partial charge in [-0.2, -0.15) is 0 Å². The van der Waals surface area contributed by atoms with Gasteiger partial charge in [0.05, 0.1) is 16.9 Å². The zero-order valence-electron chi connectivity index (χ0n) is 12.3. The van der Waals surface area contributed by atoms with Crippen LogP contribution >= 0.6 is 11.6 Å². The molecule has 5 nitrogen and oxygen atoms in total. The van der Waals surface area contributed by atoms with Gasteiger partial charge in [-0.1, -0.05) is 17.7 Å². The van der Waals surface area contributed by atoms with Crippen molar-refractivity contribution >= 4 is 23.5 Å². The van der Waals surface area contributed by atoms with Crippen molar-refractivity contribution in [3.8, 4) is 11.4 Å². The Labute approximate surface area is 137 Å². The Bertz CT molecular complexity index is 924. The first-order valence-corrected chi connectivity index (χ1v) is 7.33. The summed E-state index contributed by atoms with van der Waals surface area (Å²) in [6.07, 6.45) is 1.50. The maximum atomic E-state index is 12.5. The fourth-order valence-corrected chi connectivity index (χ4v) is 2.32. The first-order valence-electron chi connectivity index (χ1n) is 6.95. The van der Waals surface area contributed by atoms with Gasteiger partial charge in [0, 0.05) is 23.0 Å². The quantitative estimate of drug-likeness (QED) is 0.722. The number of phenolic OH excluding ortho intramolecular Hbond substituents is 1. The molecule has 0 spiro atoms. The molecule has 0 amide bonds. The topological polar surface area (TPSA) is 70.4 Å². The lowest BCUT2D eigenvalue weighted by atomic mass is 10.2. The number of aryl methyl sites for hydroxylation is 1. The summed E-state index contributed by atoms with van der Waals surface area (Å²) in [5, 5.41) is 13.1. The van der Waals surface area contributed by atoms with Crippen LogP contribution < -0.4 is 5.56 Å². The Morgan fingerprint density at radius 2 is 1.96 bits per heavy atom. The first-order chi connectivity index (χ1) is 11.0. The van der Waals surface area contributed by atoms with Crippen LogP contribution in [0, 0.1) is 6.92 Å². The molecule has 2 aromatic carbocycles. The molecule has 0 saturated carbocycles. The number of hydrogen-bond acceptors (Lipinski definition) is 3. The number of aromatic hydroxyl groups is 1. The van der Waals surface area contributed by atoms with Crippen molar-refractivity contribution < 1.29 is 5.11 Å². The normalized spacial score (nSPS) is 11.2.